The largest absolute Gasteiger partial charge is 0.481 e. The Morgan fingerprint density at radius 1 is 1.09 bits per heavy atom. The monoisotopic (exact) mass is 527 g/mol. The molecule has 0 radical (unpaired) electrons. The lowest BCUT2D eigenvalue weighted by atomic mass is 9.99. The van der Waals surface area contributed by atoms with Gasteiger partial charge in [-0.1, -0.05) is 81.2 Å². The van der Waals surface area contributed by atoms with Crippen LogP contribution in [0.4, 0.5) is 0 Å². The first-order valence-corrected chi connectivity index (χ1v) is 13.5. The van der Waals surface area contributed by atoms with Crippen LogP contribution in [0.1, 0.15) is 52.1 Å². The number of carboxylic acids is 1. The van der Waals surface area contributed by atoms with E-state index in [0.717, 1.165) is 28.5 Å². The lowest BCUT2D eigenvalue weighted by Gasteiger charge is -2.43. The van der Waals surface area contributed by atoms with Crippen molar-refractivity contribution in [2.24, 2.45) is 0 Å². The van der Waals surface area contributed by atoms with Gasteiger partial charge in [-0.15, -0.1) is 0 Å². The number of carbonyl (C=O) groups excluding carboxylic acids is 1. The highest BCUT2D eigenvalue weighted by molar-refractivity contribution is 7.99. The van der Waals surface area contributed by atoms with E-state index in [2.05, 4.69) is 13.8 Å². The minimum absolute atomic E-state index is 0.0401. The molecule has 1 saturated heterocycles. The third-order valence-corrected chi connectivity index (χ3v) is 6.58. The quantitative estimate of drug-likeness (QED) is 0.400. The summed E-state index contributed by atoms with van der Waals surface area (Å²) in [5, 5.41) is 10.5. The Morgan fingerprint density at radius 3 is 2.15 bits per heavy atom. The Kier molecular flexibility index (Phi) is 15.0. The predicted molar refractivity (Wildman–Crippen MR) is 143 cm³/mol. The summed E-state index contributed by atoms with van der Waals surface area (Å²) in [7, 11) is 0. The molecular weight excluding hydrogens is 493 g/mol. The van der Waals surface area contributed by atoms with Crippen LogP contribution in [0.25, 0.3) is 0 Å². The lowest BCUT2D eigenvalue weighted by molar-refractivity contribution is -0.168. The number of benzene rings is 2. The molecule has 0 bridgehead atoms. The van der Waals surface area contributed by atoms with Crippen molar-refractivity contribution in [2.45, 2.75) is 58.7 Å². The van der Waals surface area contributed by atoms with Crippen LogP contribution in [-0.2, 0) is 14.3 Å². The Labute approximate surface area is 217 Å². The second kappa shape index (κ2) is 16.8. The van der Waals surface area contributed by atoms with E-state index in [1.54, 1.807) is 23.9 Å². The molecule has 3 unspecified atom stereocenters. The summed E-state index contributed by atoms with van der Waals surface area (Å²) < 4.78 is 5.62. The number of halogens is 2. The van der Waals surface area contributed by atoms with Gasteiger partial charge in [0.05, 0.1) is 19.1 Å². The van der Waals surface area contributed by atoms with Crippen LogP contribution in [-0.4, -0.2) is 52.1 Å². The highest BCUT2D eigenvalue weighted by atomic mass is 35.5. The molecular formula is C26H35Cl2NO4S. The predicted octanol–water partition coefficient (Wildman–Crippen LogP) is 6.98. The number of aliphatic carboxylic acids is 1. The highest BCUT2D eigenvalue weighted by Gasteiger charge is 2.40. The Hall–Kier alpha value is -1.73. The summed E-state index contributed by atoms with van der Waals surface area (Å²) in [6, 6.07) is 16.6. The maximum absolute atomic E-state index is 13.0. The number of ether oxygens (including phenoxy) is 1. The zero-order valence-electron chi connectivity index (χ0n) is 20.2. The normalized spacial score (nSPS) is 18.2. The first-order chi connectivity index (χ1) is 16.4. The van der Waals surface area contributed by atoms with E-state index in [-0.39, 0.29) is 24.4 Å². The number of hydrogen-bond acceptors (Lipinski definition) is 4. The van der Waals surface area contributed by atoms with Gasteiger partial charge in [0, 0.05) is 21.8 Å². The maximum atomic E-state index is 13.0. The molecule has 0 spiro atoms. The van der Waals surface area contributed by atoms with Gasteiger partial charge in [-0.25, -0.2) is 0 Å². The van der Waals surface area contributed by atoms with Crippen LogP contribution in [0.15, 0.2) is 54.6 Å². The van der Waals surface area contributed by atoms with Gasteiger partial charge in [-0.05, 0) is 42.0 Å². The molecule has 1 N–H and O–H groups in total. The van der Waals surface area contributed by atoms with E-state index in [1.807, 2.05) is 61.2 Å². The molecule has 1 aliphatic heterocycles. The van der Waals surface area contributed by atoms with Gasteiger partial charge in [-0.2, -0.15) is 11.8 Å². The molecule has 2 aromatic carbocycles. The maximum Gasteiger partial charge on any atom is 0.306 e. The van der Waals surface area contributed by atoms with Crippen molar-refractivity contribution in [3.8, 4) is 0 Å². The third-order valence-electron chi connectivity index (χ3n) is 5.05. The molecule has 188 valence electrons. The number of rotatable bonds is 8. The third kappa shape index (κ3) is 9.87. The van der Waals surface area contributed by atoms with Gasteiger partial charge in [0.25, 0.3) is 5.91 Å². The van der Waals surface area contributed by atoms with Crippen LogP contribution >= 0.6 is 35.0 Å². The molecule has 0 aromatic heterocycles. The molecule has 1 aliphatic rings. The van der Waals surface area contributed by atoms with E-state index in [9.17, 15) is 9.59 Å². The topological polar surface area (TPSA) is 66.8 Å². The molecule has 0 saturated carbocycles. The number of thioether (sulfide) groups is 1. The minimum atomic E-state index is -1.03. The van der Waals surface area contributed by atoms with Crippen molar-refractivity contribution in [1.82, 2.24) is 4.90 Å². The number of carbonyl (C=O) groups is 2. The summed E-state index contributed by atoms with van der Waals surface area (Å²) >= 11 is 13.3. The molecule has 3 atom stereocenters. The van der Waals surface area contributed by atoms with E-state index in [4.69, 9.17) is 33.0 Å². The summed E-state index contributed by atoms with van der Waals surface area (Å²) in [5.74, 6) is 0.526. The average Bonchev–Trinajstić information content (AvgIpc) is 2.84. The first kappa shape index (κ1) is 30.3. The number of hydrogen-bond donors (Lipinski definition) is 1. The fourth-order valence-electron chi connectivity index (χ4n) is 3.42. The highest BCUT2D eigenvalue weighted by Crippen LogP contribution is 2.32. The molecule has 34 heavy (non-hydrogen) atoms. The standard InChI is InChI=1S/C18H24ClNO4S.C6H5Cl.C2H6/c1-3-14(11-25-4-2)20-15(12-5-7-13(19)8-6-12)10-24-16(18(20)23)9-17(21)22;7-6-4-2-1-3-5-6;1-2/h5-8,14-16H,3-4,9-11H2,1-2H3,(H,21,22);1-5H;1-2H3. The summed E-state index contributed by atoms with van der Waals surface area (Å²) in [6.07, 6.45) is -0.412. The molecule has 1 heterocycles. The molecule has 1 fully saturated rings. The van der Waals surface area contributed by atoms with Crippen LogP contribution in [0.3, 0.4) is 0 Å². The van der Waals surface area contributed by atoms with Gasteiger partial charge in [0.2, 0.25) is 0 Å². The minimum Gasteiger partial charge on any atom is -0.481 e. The number of morpholine rings is 1. The SMILES string of the molecule is CC.CCSCC(CC)N1C(=O)C(CC(=O)O)OCC1c1ccc(Cl)cc1.Clc1ccccc1. The molecule has 3 rings (SSSR count). The Morgan fingerprint density at radius 2 is 1.68 bits per heavy atom. The van der Waals surface area contributed by atoms with Gasteiger partial charge >= 0.3 is 5.97 Å². The molecule has 0 aliphatic carbocycles. The number of carboxylic acid groups (broad SMARTS) is 1. The average molecular weight is 529 g/mol. The van der Waals surface area contributed by atoms with E-state index in [0.29, 0.717) is 11.6 Å². The second-order valence-corrected chi connectivity index (χ2v) is 9.44. The molecule has 2 aromatic rings. The Bertz CT molecular complexity index is 852. The van der Waals surface area contributed by atoms with Crippen LogP contribution in [0.2, 0.25) is 10.0 Å². The lowest BCUT2D eigenvalue weighted by Crippen LogP contribution is -2.54. The van der Waals surface area contributed by atoms with Gasteiger partial charge in [0.1, 0.15) is 6.10 Å². The van der Waals surface area contributed by atoms with Gasteiger partial charge < -0.3 is 14.7 Å². The van der Waals surface area contributed by atoms with Crippen LogP contribution in [0, 0.1) is 0 Å². The summed E-state index contributed by atoms with van der Waals surface area (Å²) in [4.78, 5) is 25.9. The van der Waals surface area contributed by atoms with Crippen molar-refractivity contribution in [3.05, 3.63) is 70.2 Å². The Balaban J connectivity index is 0.000000540. The van der Waals surface area contributed by atoms with Crippen molar-refractivity contribution < 1.29 is 19.4 Å². The van der Waals surface area contributed by atoms with E-state index in [1.165, 1.54) is 0 Å². The summed E-state index contributed by atoms with van der Waals surface area (Å²) in [5.41, 5.74) is 0.950. The van der Waals surface area contributed by atoms with Crippen molar-refractivity contribution in [1.29, 1.82) is 0 Å². The number of amides is 1. The smallest absolute Gasteiger partial charge is 0.306 e. The molecule has 8 heteroatoms. The van der Waals surface area contributed by atoms with E-state index < -0.39 is 12.1 Å². The first-order valence-electron chi connectivity index (χ1n) is 11.6. The van der Waals surface area contributed by atoms with Crippen LogP contribution < -0.4 is 0 Å². The van der Waals surface area contributed by atoms with E-state index >= 15 is 0 Å². The van der Waals surface area contributed by atoms with Crippen molar-refractivity contribution >= 4 is 46.8 Å². The van der Waals surface area contributed by atoms with Gasteiger partial charge in [0.15, 0.2) is 0 Å². The van der Waals surface area contributed by atoms with Crippen LogP contribution in [0.5, 0.6) is 0 Å². The van der Waals surface area contributed by atoms with Crippen molar-refractivity contribution in [3.63, 3.8) is 0 Å². The molecule has 1 amide bonds. The fourth-order valence-corrected chi connectivity index (χ4v) is 4.60. The number of nitrogens with zero attached hydrogens (tertiary/aromatic N) is 1. The summed E-state index contributed by atoms with van der Waals surface area (Å²) in [6.45, 7) is 8.43. The van der Waals surface area contributed by atoms with Gasteiger partial charge in [-0.3, -0.25) is 9.59 Å². The zero-order valence-corrected chi connectivity index (χ0v) is 22.6. The van der Waals surface area contributed by atoms with Crippen molar-refractivity contribution in [2.75, 3.05) is 18.1 Å². The fraction of sp³-hybridized carbons (Fsp3) is 0.462. The molecule has 5 nitrogen and oxygen atoms in total. The zero-order chi connectivity index (χ0) is 25.5. The second-order valence-electron chi connectivity index (χ2n) is 7.25.